The van der Waals surface area contributed by atoms with Crippen LogP contribution in [0.4, 0.5) is 0 Å². The zero-order chi connectivity index (χ0) is 9.38. The molecule has 1 aromatic carbocycles. The molecule has 4 rings (SSSR count). The summed E-state index contributed by atoms with van der Waals surface area (Å²) < 4.78 is 0. The molecule has 0 aliphatic carbocycles. The van der Waals surface area contributed by atoms with Crippen LogP contribution in [0, 0.1) is 5.92 Å². The van der Waals surface area contributed by atoms with E-state index in [0.717, 1.165) is 11.8 Å². The monoisotopic (exact) mass is 186 g/mol. The molecule has 3 heterocycles. The second-order valence-corrected chi connectivity index (χ2v) is 4.44. The quantitative estimate of drug-likeness (QED) is 0.672. The third kappa shape index (κ3) is 1.28. The van der Waals surface area contributed by atoms with Crippen LogP contribution in [0.3, 0.4) is 0 Å². The largest absolute Gasteiger partial charge is 0.308 e. The third-order valence-corrected chi connectivity index (χ3v) is 3.60. The molecule has 0 aromatic heterocycles. The van der Waals surface area contributed by atoms with Crippen LogP contribution >= 0.6 is 0 Å². The Morgan fingerprint density at radius 2 is 2.00 bits per heavy atom. The molecular formula is C13H16N+. The molecule has 1 fully saturated rings. The molecule has 1 aromatic rings. The summed E-state index contributed by atoms with van der Waals surface area (Å²) >= 11 is 0. The highest BCUT2D eigenvalue weighted by Gasteiger charge is 2.34. The Kier molecular flexibility index (Phi) is 1.91. The number of quaternary nitrogens is 1. The van der Waals surface area contributed by atoms with Crippen LogP contribution in [-0.2, 0) is 0 Å². The predicted molar refractivity (Wildman–Crippen MR) is 57.1 cm³/mol. The number of hydrogen-bond donors (Lipinski definition) is 1. The fourth-order valence-electron chi connectivity index (χ4n) is 2.80. The van der Waals surface area contributed by atoms with E-state index in [9.17, 15) is 0 Å². The van der Waals surface area contributed by atoms with Gasteiger partial charge in [0.2, 0.25) is 0 Å². The van der Waals surface area contributed by atoms with Crippen LogP contribution < -0.4 is 4.90 Å². The molecule has 1 saturated heterocycles. The van der Waals surface area contributed by atoms with E-state index >= 15 is 0 Å². The van der Waals surface area contributed by atoms with Crippen molar-refractivity contribution in [3.63, 3.8) is 0 Å². The first-order valence-corrected chi connectivity index (χ1v) is 5.51. The van der Waals surface area contributed by atoms with E-state index in [0.29, 0.717) is 0 Å². The van der Waals surface area contributed by atoms with E-state index in [1.807, 2.05) is 0 Å². The first-order chi connectivity index (χ1) is 6.93. The number of rotatable bonds is 1. The Morgan fingerprint density at radius 3 is 2.57 bits per heavy atom. The van der Waals surface area contributed by atoms with Crippen LogP contribution in [0.5, 0.6) is 0 Å². The van der Waals surface area contributed by atoms with E-state index in [4.69, 9.17) is 0 Å². The summed E-state index contributed by atoms with van der Waals surface area (Å²) in [6, 6.07) is 11.0. The van der Waals surface area contributed by atoms with Gasteiger partial charge in [0.25, 0.3) is 0 Å². The number of fused-ring (bicyclic) bond motifs is 2. The maximum Gasteiger partial charge on any atom is 0.0904 e. The van der Waals surface area contributed by atoms with Gasteiger partial charge in [-0.25, -0.2) is 0 Å². The SMILES string of the molecule is C1=C[NH+]2CC[C@@H]1[C@@H](c1ccccc1)C2. The second-order valence-electron chi connectivity index (χ2n) is 4.44. The molecule has 1 heteroatoms. The molecular weight excluding hydrogens is 170 g/mol. The van der Waals surface area contributed by atoms with Crippen LogP contribution in [0.25, 0.3) is 0 Å². The van der Waals surface area contributed by atoms with Crippen molar-refractivity contribution in [2.24, 2.45) is 5.92 Å². The van der Waals surface area contributed by atoms with Crippen molar-refractivity contribution in [3.8, 4) is 0 Å². The van der Waals surface area contributed by atoms with E-state index in [1.165, 1.54) is 25.1 Å². The van der Waals surface area contributed by atoms with E-state index in [1.54, 1.807) is 4.90 Å². The van der Waals surface area contributed by atoms with Gasteiger partial charge in [-0.05, 0) is 17.6 Å². The highest BCUT2D eigenvalue weighted by molar-refractivity contribution is 5.22. The Labute approximate surface area is 85.0 Å². The highest BCUT2D eigenvalue weighted by atomic mass is 15.1. The summed E-state index contributed by atoms with van der Waals surface area (Å²) in [6.45, 7) is 2.63. The standard InChI is InChI=1S/C13H15N/c1-2-4-11(5-3-1)13-10-14-8-6-12(13)7-9-14/h1-6,8,12-13H,7,9-10H2/p+1/t12-,13-/m1/s1. The minimum absolute atomic E-state index is 0.768. The minimum Gasteiger partial charge on any atom is -0.308 e. The summed E-state index contributed by atoms with van der Waals surface area (Å²) in [4.78, 5) is 1.65. The maximum atomic E-state index is 2.42. The van der Waals surface area contributed by atoms with Crippen molar-refractivity contribution in [1.82, 2.24) is 0 Å². The first-order valence-electron chi connectivity index (χ1n) is 5.51. The Hall–Kier alpha value is -1.08. The summed E-state index contributed by atoms with van der Waals surface area (Å²) in [5.74, 6) is 1.57. The third-order valence-electron chi connectivity index (χ3n) is 3.60. The van der Waals surface area contributed by atoms with Gasteiger partial charge < -0.3 is 4.90 Å². The van der Waals surface area contributed by atoms with Crippen LogP contribution in [-0.4, -0.2) is 13.1 Å². The van der Waals surface area contributed by atoms with Crippen LogP contribution in [0.2, 0.25) is 0 Å². The van der Waals surface area contributed by atoms with Crippen molar-refractivity contribution in [3.05, 3.63) is 48.2 Å². The Morgan fingerprint density at radius 1 is 1.14 bits per heavy atom. The van der Waals surface area contributed by atoms with Gasteiger partial charge in [0, 0.05) is 12.3 Å². The number of piperidine rings is 1. The molecule has 2 bridgehead atoms. The Bertz CT molecular complexity index is 342. The molecule has 72 valence electrons. The molecule has 0 spiro atoms. The molecule has 3 aliphatic rings. The maximum absolute atomic E-state index is 2.42. The lowest BCUT2D eigenvalue weighted by molar-refractivity contribution is -0.860. The number of hydrogen-bond acceptors (Lipinski definition) is 0. The molecule has 1 nitrogen and oxygen atoms in total. The topological polar surface area (TPSA) is 4.44 Å². The van der Waals surface area contributed by atoms with Crippen molar-refractivity contribution in [2.75, 3.05) is 13.1 Å². The summed E-state index contributed by atoms with van der Waals surface area (Å²) in [5.41, 5.74) is 1.53. The fraction of sp³-hybridized carbons (Fsp3) is 0.385. The molecule has 0 amide bonds. The lowest BCUT2D eigenvalue weighted by atomic mass is 9.79. The molecule has 3 atom stereocenters. The predicted octanol–water partition coefficient (Wildman–Crippen LogP) is 1.20. The van der Waals surface area contributed by atoms with Crippen molar-refractivity contribution < 1.29 is 4.90 Å². The van der Waals surface area contributed by atoms with Gasteiger partial charge in [-0.15, -0.1) is 0 Å². The van der Waals surface area contributed by atoms with Gasteiger partial charge in [-0.1, -0.05) is 30.3 Å². The first kappa shape index (κ1) is 8.25. The number of nitrogens with one attached hydrogen (secondary N) is 1. The lowest BCUT2D eigenvalue weighted by Crippen LogP contribution is -3.10. The highest BCUT2D eigenvalue weighted by Crippen LogP contribution is 2.30. The normalized spacial score (nSPS) is 34.7. The minimum atomic E-state index is 0.768. The molecule has 1 N–H and O–H groups in total. The number of benzene rings is 1. The van der Waals surface area contributed by atoms with E-state index < -0.39 is 0 Å². The average Bonchev–Trinajstić information content (AvgIpc) is 2.32. The van der Waals surface area contributed by atoms with Gasteiger partial charge in [0.05, 0.1) is 19.3 Å². The summed E-state index contributed by atoms with van der Waals surface area (Å²) in [5, 5.41) is 0. The molecule has 0 radical (unpaired) electrons. The Balaban J connectivity index is 1.91. The van der Waals surface area contributed by atoms with Gasteiger partial charge in [0.15, 0.2) is 0 Å². The van der Waals surface area contributed by atoms with Crippen molar-refractivity contribution >= 4 is 0 Å². The van der Waals surface area contributed by atoms with Crippen molar-refractivity contribution in [2.45, 2.75) is 12.3 Å². The molecule has 3 aliphatic heterocycles. The van der Waals surface area contributed by atoms with Crippen molar-refractivity contribution in [1.29, 1.82) is 0 Å². The average molecular weight is 186 g/mol. The molecule has 1 unspecified atom stereocenters. The molecule has 0 saturated carbocycles. The lowest BCUT2D eigenvalue weighted by Gasteiger charge is -2.37. The van der Waals surface area contributed by atoms with Crippen LogP contribution in [0.15, 0.2) is 42.6 Å². The summed E-state index contributed by atoms with van der Waals surface area (Å²) in [7, 11) is 0. The van der Waals surface area contributed by atoms with Gasteiger partial charge in [0.1, 0.15) is 0 Å². The fourth-order valence-corrected chi connectivity index (χ4v) is 2.80. The zero-order valence-electron chi connectivity index (χ0n) is 8.32. The second kappa shape index (κ2) is 3.25. The molecule has 14 heavy (non-hydrogen) atoms. The number of allylic oxidation sites excluding steroid dienone is 1. The van der Waals surface area contributed by atoms with E-state index in [-0.39, 0.29) is 0 Å². The zero-order valence-corrected chi connectivity index (χ0v) is 8.32. The smallest absolute Gasteiger partial charge is 0.0904 e. The van der Waals surface area contributed by atoms with Gasteiger partial charge in [-0.3, -0.25) is 0 Å². The van der Waals surface area contributed by atoms with Gasteiger partial charge in [-0.2, -0.15) is 0 Å². The van der Waals surface area contributed by atoms with E-state index in [2.05, 4.69) is 42.6 Å². The van der Waals surface area contributed by atoms with Gasteiger partial charge >= 0.3 is 0 Å². The summed E-state index contributed by atoms with van der Waals surface area (Å²) in [6.07, 6.45) is 6.14. The van der Waals surface area contributed by atoms with Crippen LogP contribution in [0.1, 0.15) is 17.9 Å².